The van der Waals surface area contributed by atoms with Crippen LogP contribution >= 0.6 is 0 Å². The van der Waals surface area contributed by atoms with Gasteiger partial charge in [0.2, 0.25) is 0 Å². The van der Waals surface area contributed by atoms with Gasteiger partial charge < -0.3 is 9.30 Å². The molecule has 4 rings (SSSR count). The minimum absolute atomic E-state index is 0.117. The van der Waals surface area contributed by atoms with Gasteiger partial charge in [-0.2, -0.15) is 0 Å². The minimum Gasteiger partial charge on any atom is -0.457 e. The summed E-state index contributed by atoms with van der Waals surface area (Å²) in [4.78, 5) is 12.6. The number of hydrogen-bond donors (Lipinski definition) is 1. The minimum atomic E-state index is -3.69. The number of fused-ring (bicyclic) bond motifs is 1. The van der Waals surface area contributed by atoms with Gasteiger partial charge >= 0.3 is 0 Å². The Hall–Kier alpha value is -3.84. The maximum atomic E-state index is 12.6. The van der Waals surface area contributed by atoms with Crippen LogP contribution in [0.3, 0.4) is 0 Å². The van der Waals surface area contributed by atoms with Crippen molar-refractivity contribution in [3.8, 4) is 22.6 Å². The van der Waals surface area contributed by atoms with Crippen LogP contribution in [0.15, 0.2) is 89.7 Å². The third-order valence-electron chi connectivity index (χ3n) is 5.06. The number of benzene rings is 3. The van der Waals surface area contributed by atoms with Gasteiger partial charge in [-0.1, -0.05) is 36.9 Å². The van der Waals surface area contributed by atoms with E-state index in [1.54, 1.807) is 37.5 Å². The molecule has 0 saturated heterocycles. The van der Waals surface area contributed by atoms with E-state index in [0.29, 0.717) is 28.1 Å². The highest BCUT2D eigenvalue weighted by Crippen LogP contribution is 2.38. The molecule has 1 N–H and O–H groups in total. The monoisotopic (exact) mass is 446 g/mol. The summed E-state index contributed by atoms with van der Waals surface area (Å²) in [5.41, 5.74) is 2.67. The molecule has 1 heterocycles. The largest absolute Gasteiger partial charge is 0.457 e. The summed E-state index contributed by atoms with van der Waals surface area (Å²) in [7, 11) is -2.00. The van der Waals surface area contributed by atoms with Crippen LogP contribution < -0.4 is 15.0 Å². The van der Waals surface area contributed by atoms with Gasteiger partial charge in [0, 0.05) is 40.9 Å². The summed E-state index contributed by atoms with van der Waals surface area (Å²) in [5.74, 6) is 1.18. The third kappa shape index (κ3) is 4.29. The van der Waals surface area contributed by atoms with Crippen molar-refractivity contribution in [1.82, 2.24) is 4.57 Å². The molecule has 4 aromatic rings. The Kier molecular flexibility index (Phi) is 5.59. The molecule has 0 atom stereocenters. The van der Waals surface area contributed by atoms with Crippen LogP contribution in [0.1, 0.15) is 5.56 Å². The molecule has 0 amide bonds. The molecule has 0 saturated carbocycles. The predicted molar refractivity (Wildman–Crippen MR) is 129 cm³/mol. The standard InChI is InChI=1S/C25H22N2O4S/c1-4-32(29,30)26-18-12-13-24(31-19-9-7-8-17(2)14-19)22(15-18)23-16-27(3)25(28)21-11-6-5-10-20(21)23/h4-16,26H,1H2,2-3H3. The Labute approximate surface area is 186 Å². The normalized spacial score (nSPS) is 11.3. The molecule has 0 aliphatic heterocycles. The molecule has 162 valence electrons. The van der Waals surface area contributed by atoms with Gasteiger partial charge in [-0.15, -0.1) is 0 Å². The molecular formula is C25H22N2O4S. The van der Waals surface area contributed by atoms with Gasteiger partial charge in [-0.3, -0.25) is 9.52 Å². The topological polar surface area (TPSA) is 77.4 Å². The van der Waals surface area contributed by atoms with E-state index in [-0.39, 0.29) is 5.56 Å². The average Bonchev–Trinajstić information content (AvgIpc) is 2.77. The molecule has 6 nitrogen and oxygen atoms in total. The van der Waals surface area contributed by atoms with E-state index in [1.807, 2.05) is 49.4 Å². The van der Waals surface area contributed by atoms with E-state index >= 15 is 0 Å². The Balaban J connectivity index is 1.96. The van der Waals surface area contributed by atoms with E-state index in [0.717, 1.165) is 21.9 Å². The first-order valence-electron chi connectivity index (χ1n) is 9.90. The Morgan fingerprint density at radius 3 is 2.44 bits per heavy atom. The summed E-state index contributed by atoms with van der Waals surface area (Å²) >= 11 is 0. The number of ether oxygens (including phenoxy) is 1. The van der Waals surface area contributed by atoms with Gasteiger partial charge in [0.25, 0.3) is 15.6 Å². The quantitative estimate of drug-likeness (QED) is 0.442. The van der Waals surface area contributed by atoms with Crippen molar-refractivity contribution in [2.75, 3.05) is 4.72 Å². The number of aryl methyl sites for hydroxylation is 2. The zero-order chi connectivity index (χ0) is 22.9. The second-order valence-corrected chi connectivity index (χ2v) is 9.08. The zero-order valence-corrected chi connectivity index (χ0v) is 18.5. The second-order valence-electron chi connectivity index (χ2n) is 7.45. The van der Waals surface area contributed by atoms with Crippen molar-refractivity contribution in [2.24, 2.45) is 7.05 Å². The lowest BCUT2D eigenvalue weighted by Gasteiger charge is -2.16. The summed E-state index contributed by atoms with van der Waals surface area (Å²) in [5, 5.41) is 2.16. The van der Waals surface area contributed by atoms with Crippen LogP contribution in [0.5, 0.6) is 11.5 Å². The highest BCUT2D eigenvalue weighted by Gasteiger charge is 2.16. The molecule has 0 fully saturated rings. The van der Waals surface area contributed by atoms with Crippen molar-refractivity contribution < 1.29 is 13.2 Å². The number of aromatic nitrogens is 1. The Morgan fingerprint density at radius 2 is 1.72 bits per heavy atom. The summed E-state index contributed by atoms with van der Waals surface area (Å²) in [6.07, 6.45) is 1.73. The number of sulfonamides is 1. The van der Waals surface area contributed by atoms with Crippen molar-refractivity contribution >= 4 is 26.5 Å². The first-order valence-corrected chi connectivity index (χ1v) is 11.4. The van der Waals surface area contributed by atoms with Crippen LogP contribution in [0.25, 0.3) is 21.9 Å². The fraction of sp³-hybridized carbons (Fsp3) is 0.0800. The lowest BCUT2D eigenvalue weighted by Crippen LogP contribution is -2.16. The number of pyridine rings is 1. The van der Waals surface area contributed by atoms with Crippen LogP contribution in [-0.2, 0) is 17.1 Å². The zero-order valence-electron chi connectivity index (χ0n) is 17.7. The van der Waals surface area contributed by atoms with Gasteiger partial charge in [-0.25, -0.2) is 8.42 Å². The maximum Gasteiger partial charge on any atom is 0.258 e. The first-order chi connectivity index (χ1) is 15.3. The molecular weight excluding hydrogens is 424 g/mol. The van der Waals surface area contributed by atoms with E-state index < -0.39 is 10.0 Å². The lowest BCUT2D eigenvalue weighted by molar-refractivity contribution is 0.484. The van der Waals surface area contributed by atoms with Crippen LogP contribution in [0.2, 0.25) is 0 Å². The third-order valence-corrected chi connectivity index (χ3v) is 6.02. The van der Waals surface area contributed by atoms with E-state index in [9.17, 15) is 13.2 Å². The maximum absolute atomic E-state index is 12.6. The molecule has 3 aromatic carbocycles. The fourth-order valence-corrected chi connectivity index (χ4v) is 4.07. The highest BCUT2D eigenvalue weighted by atomic mass is 32.2. The molecule has 7 heteroatoms. The Morgan fingerprint density at radius 1 is 0.969 bits per heavy atom. The average molecular weight is 447 g/mol. The van der Waals surface area contributed by atoms with E-state index in [2.05, 4.69) is 11.3 Å². The molecule has 0 spiro atoms. The first kappa shape index (κ1) is 21.4. The summed E-state index contributed by atoms with van der Waals surface area (Å²) < 4.78 is 34.3. The predicted octanol–water partition coefficient (Wildman–Crippen LogP) is 5.19. The van der Waals surface area contributed by atoms with Gasteiger partial charge in [0.1, 0.15) is 11.5 Å². The van der Waals surface area contributed by atoms with Crippen LogP contribution in [-0.4, -0.2) is 13.0 Å². The number of anilines is 1. The SMILES string of the molecule is C=CS(=O)(=O)Nc1ccc(Oc2cccc(C)c2)c(-c2cn(C)c(=O)c3ccccc23)c1. The molecule has 0 aliphatic carbocycles. The molecule has 0 unspecified atom stereocenters. The van der Waals surface area contributed by atoms with Gasteiger partial charge in [0.15, 0.2) is 0 Å². The number of nitrogens with one attached hydrogen (secondary N) is 1. The van der Waals surface area contributed by atoms with E-state index in [4.69, 9.17) is 4.74 Å². The summed E-state index contributed by atoms with van der Waals surface area (Å²) in [6, 6.07) is 20.0. The van der Waals surface area contributed by atoms with Gasteiger partial charge in [0.05, 0.1) is 0 Å². The molecule has 0 radical (unpaired) electrons. The van der Waals surface area contributed by atoms with Crippen molar-refractivity contribution in [2.45, 2.75) is 6.92 Å². The van der Waals surface area contributed by atoms with Gasteiger partial charge in [-0.05, 0) is 54.3 Å². The second kappa shape index (κ2) is 8.36. The van der Waals surface area contributed by atoms with Crippen molar-refractivity contribution in [1.29, 1.82) is 0 Å². The van der Waals surface area contributed by atoms with E-state index in [1.165, 1.54) is 4.57 Å². The fourth-order valence-electron chi connectivity index (χ4n) is 3.54. The molecule has 1 aromatic heterocycles. The number of nitrogens with zero attached hydrogens (tertiary/aromatic N) is 1. The lowest BCUT2D eigenvalue weighted by atomic mass is 9.99. The number of rotatable bonds is 6. The van der Waals surface area contributed by atoms with Crippen molar-refractivity contribution in [3.63, 3.8) is 0 Å². The Bertz CT molecular complexity index is 1500. The van der Waals surface area contributed by atoms with Crippen LogP contribution in [0, 0.1) is 6.92 Å². The number of hydrogen-bond acceptors (Lipinski definition) is 4. The van der Waals surface area contributed by atoms with Crippen LogP contribution in [0.4, 0.5) is 5.69 Å². The molecule has 0 bridgehead atoms. The highest BCUT2D eigenvalue weighted by molar-refractivity contribution is 7.95. The molecule has 32 heavy (non-hydrogen) atoms. The molecule has 0 aliphatic rings. The summed E-state index contributed by atoms with van der Waals surface area (Å²) in [6.45, 7) is 5.31. The van der Waals surface area contributed by atoms with Crippen molar-refractivity contribution in [3.05, 3.63) is 101 Å². The smallest absolute Gasteiger partial charge is 0.258 e.